The van der Waals surface area contributed by atoms with E-state index in [0.29, 0.717) is 12.8 Å². The number of nitrogens with zero attached hydrogens (tertiary/aromatic N) is 1. The maximum atomic E-state index is 10.2. The molecule has 0 heterocycles. The van der Waals surface area contributed by atoms with Gasteiger partial charge < -0.3 is 0 Å². The first-order valence-electron chi connectivity index (χ1n) is 3.47. The summed E-state index contributed by atoms with van der Waals surface area (Å²) in [4.78, 5) is 10.0. The zero-order valence-electron chi connectivity index (χ0n) is 5.62. The van der Waals surface area contributed by atoms with E-state index in [9.17, 15) is 10.1 Å². The number of hydrogen-bond acceptors (Lipinski definition) is 2. The Balaban J connectivity index is 2.33. The van der Waals surface area contributed by atoms with Crippen molar-refractivity contribution >= 4 is 11.6 Å². The molecule has 0 atom stereocenters. The van der Waals surface area contributed by atoms with Gasteiger partial charge in [-0.2, -0.15) is 0 Å². The number of hydrogen-bond donors (Lipinski definition) is 0. The quantitative estimate of drug-likeness (QED) is 0.336. The highest BCUT2D eigenvalue weighted by Crippen LogP contribution is 2.24. The van der Waals surface area contributed by atoms with E-state index < -0.39 is 0 Å². The second kappa shape index (κ2) is 3.19. The Morgan fingerprint density at radius 3 is 2.20 bits per heavy atom. The smallest absolute Gasteiger partial charge is 0.213 e. The summed E-state index contributed by atoms with van der Waals surface area (Å²) >= 11 is 5.76. The molecule has 0 aromatic heterocycles. The average Bonchev–Trinajstić information content (AvgIpc) is 1.88. The molecule has 0 amide bonds. The lowest BCUT2D eigenvalue weighted by molar-refractivity contribution is -0.526. The molecule has 1 aliphatic carbocycles. The number of halogens is 1. The SMILES string of the molecule is O=[N+]([O-])C1CCC(Cl)CC1. The molecule has 58 valence electrons. The molecule has 1 saturated carbocycles. The fourth-order valence-corrected chi connectivity index (χ4v) is 1.50. The van der Waals surface area contributed by atoms with Crippen molar-refractivity contribution in [3.63, 3.8) is 0 Å². The molecule has 0 N–H and O–H groups in total. The van der Waals surface area contributed by atoms with E-state index in [2.05, 4.69) is 0 Å². The van der Waals surface area contributed by atoms with Gasteiger partial charge in [-0.15, -0.1) is 11.6 Å². The van der Waals surface area contributed by atoms with Crippen LogP contribution in [0.2, 0.25) is 0 Å². The van der Waals surface area contributed by atoms with Crippen molar-refractivity contribution in [2.75, 3.05) is 0 Å². The lowest BCUT2D eigenvalue weighted by Gasteiger charge is -2.18. The van der Waals surface area contributed by atoms with Crippen molar-refractivity contribution in [2.24, 2.45) is 0 Å². The van der Waals surface area contributed by atoms with Gasteiger partial charge in [0.25, 0.3) is 0 Å². The molecule has 0 saturated heterocycles. The van der Waals surface area contributed by atoms with Crippen LogP contribution in [0.15, 0.2) is 0 Å². The lowest BCUT2D eigenvalue weighted by atomic mass is 9.96. The first kappa shape index (κ1) is 7.79. The van der Waals surface area contributed by atoms with Crippen molar-refractivity contribution < 1.29 is 4.92 Å². The number of alkyl halides is 1. The Hall–Kier alpha value is -0.310. The standard InChI is InChI=1S/C6H10ClNO2/c7-5-1-3-6(4-2-5)8(9)10/h5-6H,1-4H2. The van der Waals surface area contributed by atoms with E-state index in [-0.39, 0.29) is 16.3 Å². The van der Waals surface area contributed by atoms with Gasteiger partial charge in [0.1, 0.15) is 0 Å². The van der Waals surface area contributed by atoms with Gasteiger partial charge in [-0.25, -0.2) is 0 Å². The van der Waals surface area contributed by atoms with E-state index in [4.69, 9.17) is 11.6 Å². The van der Waals surface area contributed by atoms with Crippen molar-refractivity contribution in [3.8, 4) is 0 Å². The molecule has 0 aromatic rings. The van der Waals surface area contributed by atoms with Gasteiger partial charge >= 0.3 is 0 Å². The third-order valence-electron chi connectivity index (χ3n) is 1.92. The van der Waals surface area contributed by atoms with Crippen molar-refractivity contribution in [1.82, 2.24) is 0 Å². The molecule has 0 aliphatic heterocycles. The minimum atomic E-state index is -0.324. The van der Waals surface area contributed by atoms with Crippen LogP contribution in [0.1, 0.15) is 25.7 Å². The van der Waals surface area contributed by atoms with E-state index in [1.807, 2.05) is 0 Å². The monoisotopic (exact) mass is 163 g/mol. The molecule has 1 rings (SSSR count). The Bertz CT molecular complexity index is 132. The average molecular weight is 164 g/mol. The Morgan fingerprint density at radius 1 is 1.30 bits per heavy atom. The fraction of sp³-hybridized carbons (Fsp3) is 1.00. The predicted octanol–water partition coefficient (Wildman–Crippen LogP) is 1.81. The van der Waals surface area contributed by atoms with Crippen LogP contribution in [0.4, 0.5) is 0 Å². The van der Waals surface area contributed by atoms with Gasteiger partial charge in [-0.1, -0.05) is 0 Å². The highest BCUT2D eigenvalue weighted by Gasteiger charge is 2.26. The summed E-state index contributed by atoms with van der Waals surface area (Å²) in [5, 5.41) is 10.4. The minimum absolute atomic E-state index is 0.177. The second-order valence-electron chi connectivity index (χ2n) is 2.69. The molecule has 10 heavy (non-hydrogen) atoms. The third-order valence-corrected chi connectivity index (χ3v) is 2.36. The molecule has 0 bridgehead atoms. The normalized spacial score (nSPS) is 33.7. The largest absolute Gasteiger partial charge is 0.264 e. The first-order chi connectivity index (χ1) is 4.70. The van der Waals surface area contributed by atoms with Crippen molar-refractivity contribution in [2.45, 2.75) is 37.1 Å². The summed E-state index contributed by atoms with van der Waals surface area (Å²) in [5.41, 5.74) is 0. The number of rotatable bonds is 1. The first-order valence-corrected chi connectivity index (χ1v) is 3.91. The van der Waals surface area contributed by atoms with E-state index >= 15 is 0 Å². The van der Waals surface area contributed by atoms with E-state index in [1.165, 1.54) is 0 Å². The molecule has 0 unspecified atom stereocenters. The molecule has 0 radical (unpaired) electrons. The van der Waals surface area contributed by atoms with Crippen LogP contribution >= 0.6 is 11.6 Å². The second-order valence-corrected chi connectivity index (χ2v) is 3.31. The van der Waals surface area contributed by atoms with Gasteiger partial charge in [-0.3, -0.25) is 10.1 Å². The summed E-state index contributed by atoms with van der Waals surface area (Å²) in [6, 6.07) is -0.324. The maximum absolute atomic E-state index is 10.2. The summed E-state index contributed by atoms with van der Waals surface area (Å²) in [7, 11) is 0. The van der Waals surface area contributed by atoms with Gasteiger partial charge in [0.2, 0.25) is 6.04 Å². The Labute approximate surface area is 64.5 Å². The summed E-state index contributed by atoms with van der Waals surface area (Å²) in [5.74, 6) is 0. The molecular formula is C6H10ClNO2. The molecular weight excluding hydrogens is 154 g/mol. The van der Waals surface area contributed by atoms with Crippen molar-refractivity contribution in [3.05, 3.63) is 10.1 Å². The highest BCUT2D eigenvalue weighted by atomic mass is 35.5. The third kappa shape index (κ3) is 1.84. The topological polar surface area (TPSA) is 43.1 Å². The predicted molar refractivity (Wildman–Crippen MR) is 38.9 cm³/mol. The van der Waals surface area contributed by atoms with Crippen LogP contribution in [0.5, 0.6) is 0 Å². The zero-order valence-corrected chi connectivity index (χ0v) is 6.38. The van der Waals surface area contributed by atoms with Gasteiger partial charge in [0.05, 0.1) is 0 Å². The van der Waals surface area contributed by atoms with Gasteiger partial charge in [0, 0.05) is 23.1 Å². The van der Waals surface area contributed by atoms with Crippen LogP contribution < -0.4 is 0 Å². The van der Waals surface area contributed by atoms with Gasteiger partial charge in [-0.05, 0) is 12.8 Å². The molecule has 4 heteroatoms. The van der Waals surface area contributed by atoms with Crippen LogP contribution in [0, 0.1) is 10.1 Å². The van der Waals surface area contributed by atoms with Crippen LogP contribution in [0.25, 0.3) is 0 Å². The molecule has 3 nitrogen and oxygen atoms in total. The minimum Gasteiger partial charge on any atom is -0.264 e. The Morgan fingerprint density at radius 2 is 1.80 bits per heavy atom. The van der Waals surface area contributed by atoms with Gasteiger partial charge in [0.15, 0.2) is 0 Å². The highest BCUT2D eigenvalue weighted by molar-refractivity contribution is 6.20. The van der Waals surface area contributed by atoms with Crippen LogP contribution in [-0.2, 0) is 0 Å². The van der Waals surface area contributed by atoms with Crippen LogP contribution in [0.3, 0.4) is 0 Å². The van der Waals surface area contributed by atoms with E-state index in [0.717, 1.165) is 12.8 Å². The molecule has 1 fully saturated rings. The number of nitro groups is 1. The summed E-state index contributed by atoms with van der Waals surface area (Å²) in [6.07, 6.45) is 2.91. The molecule has 0 spiro atoms. The Kier molecular flexibility index (Phi) is 2.49. The lowest BCUT2D eigenvalue weighted by Crippen LogP contribution is -2.26. The molecule has 1 aliphatic rings. The van der Waals surface area contributed by atoms with Crippen LogP contribution in [-0.4, -0.2) is 16.3 Å². The fourth-order valence-electron chi connectivity index (χ4n) is 1.25. The zero-order chi connectivity index (χ0) is 7.56. The summed E-state index contributed by atoms with van der Waals surface area (Å²) < 4.78 is 0. The van der Waals surface area contributed by atoms with E-state index in [1.54, 1.807) is 0 Å². The maximum Gasteiger partial charge on any atom is 0.213 e. The summed E-state index contributed by atoms with van der Waals surface area (Å²) in [6.45, 7) is 0. The van der Waals surface area contributed by atoms with Crippen molar-refractivity contribution in [1.29, 1.82) is 0 Å². The molecule has 0 aromatic carbocycles.